The van der Waals surface area contributed by atoms with E-state index in [2.05, 4.69) is 4.98 Å². The molecule has 144 valence electrons. The highest BCUT2D eigenvalue weighted by molar-refractivity contribution is 6.46. The minimum Gasteiger partial charge on any atom is -0.507 e. The minimum atomic E-state index is -0.659. The van der Waals surface area contributed by atoms with E-state index in [9.17, 15) is 14.7 Å². The van der Waals surface area contributed by atoms with Crippen molar-refractivity contribution in [2.75, 3.05) is 13.2 Å². The second-order valence-corrected chi connectivity index (χ2v) is 7.05. The molecule has 0 aliphatic carbocycles. The van der Waals surface area contributed by atoms with Crippen LogP contribution in [0.15, 0.2) is 48.3 Å². The summed E-state index contributed by atoms with van der Waals surface area (Å²) in [6.07, 6.45) is 5.74. The fraction of sp³-hybridized carbons (Fsp3) is 0.318. The molecule has 1 atom stereocenters. The highest BCUT2D eigenvalue weighted by Crippen LogP contribution is 2.39. The average molecular weight is 378 g/mol. The maximum Gasteiger partial charge on any atom is 0.295 e. The zero-order valence-electron chi connectivity index (χ0n) is 15.7. The molecule has 4 rings (SSSR count). The zero-order chi connectivity index (χ0) is 19.7. The molecule has 1 N–H and O–H groups in total. The summed E-state index contributed by atoms with van der Waals surface area (Å²) in [5.74, 6) is -0.593. The molecular weight excluding hydrogens is 356 g/mol. The predicted octanol–water partition coefficient (Wildman–Crippen LogP) is 3.24. The van der Waals surface area contributed by atoms with Gasteiger partial charge in [0.05, 0.1) is 18.2 Å². The summed E-state index contributed by atoms with van der Waals surface area (Å²) in [5.41, 5.74) is 2.34. The van der Waals surface area contributed by atoms with Crippen LogP contribution in [0.5, 0.6) is 5.75 Å². The number of pyridine rings is 1. The number of nitrogens with zero attached hydrogens (tertiary/aromatic N) is 2. The van der Waals surface area contributed by atoms with E-state index in [0.717, 1.165) is 24.2 Å². The molecule has 0 radical (unpaired) electrons. The van der Waals surface area contributed by atoms with Gasteiger partial charge >= 0.3 is 0 Å². The van der Waals surface area contributed by atoms with Crippen molar-refractivity contribution in [2.24, 2.45) is 0 Å². The van der Waals surface area contributed by atoms with Crippen LogP contribution >= 0.6 is 0 Å². The number of likely N-dealkylation sites (tertiary alicyclic amines) is 1. The molecule has 1 saturated heterocycles. The molecule has 1 aromatic carbocycles. The number of benzene rings is 1. The summed E-state index contributed by atoms with van der Waals surface area (Å²) in [7, 11) is 0. The minimum absolute atomic E-state index is 0.114. The van der Waals surface area contributed by atoms with E-state index in [-0.39, 0.29) is 11.3 Å². The van der Waals surface area contributed by atoms with Crippen LogP contribution in [-0.2, 0) is 16.0 Å². The van der Waals surface area contributed by atoms with E-state index in [1.165, 1.54) is 4.90 Å². The Morgan fingerprint density at radius 2 is 2.18 bits per heavy atom. The van der Waals surface area contributed by atoms with Gasteiger partial charge in [-0.05, 0) is 54.7 Å². The Kier molecular flexibility index (Phi) is 4.86. The molecule has 2 aliphatic heterocycles. The van der Waals surface area contributed by atoms with E-state index in [0.29, 0.717) is 30.7 Å². The molecular formula is C22H22N2O4. The number of rotatable bonds is 4. The summed E-state index contributed by atoms with van der Waals surface area (Å²) in [5, 5.41) is 11.0. The van der Waals surface area contributed by atoms with Crippen molar-refractivity contribution in [3.63, 3.8) is 0 Å². The first-order chi connectivity index (χ1) is 13.6. The van der Waals surface area contributed by atoms with Crippen molar-refractivity contribution < 1.29 is 19.4 Å². The number of hydrogen-bond acceptors (Lipinski definition) is 5. The molecule has 0 spiro atoms. The quantitative estimate of drug-likeness (QED) is 0.502. The van der Waals surface area contributed by atoms with Crippen molar-refractivity contribution in [3.8, 4) is 5.75 Å². The molecule has 0 bridgehead atoms. The molecule has 28 heavy (non-hydrogen) atoms. The number of aromatic nitrogens is 1. The van der Waals surface area contributed by atoms with Gasteiger partial charge in [-0.15, -0.1) is 0 Å². The van der Waals surface area contributed by atoms with E-state index in [1.807, 2.05) is 25.1 Å². The maximum atomic E-state index is 12.8. The van der Waals surface area contributed by atoms with Crippen molar-refractivity contribution in [3.05, 3.63) is 65.0 Å². The van der Waals surface area contributed by atoms with Crippen molar-refractivity contribution in [1.82, 2.24) is 9.88 Å². The third kappa shape index (κ3) is 3.05. The second-order valence-electron chi connectivity index (χ2n) is 7.05. The first-order valence-corrected chi connectivity index (χ1v) is 9.56. The van der Waals surface area contributed by atoms with Gasteiger partial charge in [-0.1, -0.05) is 13.0 Å². The Morgan fingerprint density at radius 3 is 2.93 bits per heavy atom. The molecule has 2 aliphatic rings. The molecule has 2 aromatic rings. The number of carbonyl (C=O) groups excluding carboxylic acids is 2. The lowest BCUT2D eigenvalue weighted by Gasteiger charge is -2.24. The van der Waals surface area contributed by atoms with Crippen molar-refractivity contribution in [1.29, 1.82) is 0 Å². The van der Waals surface area contributed by atoms with Crippen molar-refractivity contribution >= 4 is 17.4 Å². The SMILES string of the molecule is CCCN1C(=O)C(=O)/C(=C(\O)c2ccc3c(c2)CCCO3)C1c1cccnc1. The van der Waals surface area contributed by atoms with Gasteiger partial charge in [-0.25, -0.2) is 0 Å². The lowest BCUT2D eigenvalue weighted by Crippen LogP contribution is -2.30. The van der Waals surface area contributed by atoms with Gasteiger partial charge in [0.2, 0.25) is 0 Å². The van der Waals surface area contributed by atoms with E-state index in [4.69, 9.17) is 4.74 Å². The van der Waals surface area contributed by atoms with Crippen LogP contribution in [0.3, 0.4) is 0 Å². The summed E-state index contributed by atoms with van der Waals surface area (Å²) >= 11 is 0. The predicted molar refractivity (Wildman–Crippen MR) is 104 cm³/mol. The first-order valence-electron chi connectivity index (χ1n) is 9.56. The summed E-state index contributed by atoms with van der Waals surface area (Å²) < 4.78 is 5.63. The highest BCUT2D eigenvalue weighted by Gasteiger charge is 2.45. The number of Topliss-reactive ketones (excluding diaryl/α,β-unsaturated/α-hetero) is 1. The van der Waals surface area contributed by atoms with E-state index in [1.54, 1.807) is 24.5 Å². The number of fused-ring (bicyclic) bond motifs is 1. The highest BCUT2D eigenvalue weighted by atomic mass is 16.5. The third-order valence-electron chi connectivity index (χ3n) is 5.19. The molecule has 1 amide bonds. The molecule has 1 fully saturated rings. The van der Waals surface area contributed by atoms with Gasteiger partial charge in [0.25, 0.3) is 11.7 Å². The molecule has 0 saturated carbocycles. The second kappa shape index (κ2) is 7.46. The van der Waals surface area contributed by atoms with Crippen LogP contribution in [0.4, 0.5) is 0 Å². The Morgan fingerprint density at radius 1 is 1.32 bits per heavy atom. The largest absolute Gasteiger partial charge is 0.507 e. The van der Waals surface area contributed by atoms with Gasteiger partial charge in [-0.3, -0.25) is 14.6 Å². The van der Waals surface area contributed by atoms with Gasteiger partial charge in [-0.2, -0.15) is 0 Å². The Bertz CT molecular complexity index is 952. The molecule has 1 unspecified atom stereocenters. The Balaban J connectivity index is 1.84. The fourth-order valence-electron chi connectivity index (χ4n) is 3.90. The first kappa shape index (κ1) is 18.2. The van der Waals surface area contributed by atoms with Crippen LogP contribution in [0.2, 0.25) is 0 Å². The van der Waals surface area contributed by atoms with Gasteiger partial charge < -0.3 is 14.7 Å². The standard InChI is InChI=1S/C22H22N2O4/c1-2-10-24-19(16-5-3-9-23-13-16)18(21(26)22(24)27)20(25)15-7-8-17-14(12-15)6-4-11-28-17/h3,5,7-9,12-13,19,25H,2,4,6,10-11H2,1H3/b20-18-. The number of hydrogen-bond donors (Lipinski definition) is 1. The van der Waals surface area contributed by atoms with Crippen LogP contribution in [-0.4, -0.2) is 39.8 Å². The normalized spacial score (nSPS) is 20.8. The summed E-state index contributed by atoms with van der Waals surface area (Å²) in [6, 6.07) is 8.33. The van der Waals surface area contributed by atoms with Crippen LogP contribution < -0.4 is 4.74 Å². The molecule has 3 heterocycles. The number of ether oxygens (including phenoxy) is 1. The Hall–Kier alpha value is -3.15. The maximum absolute atomic E-state index is 12.8. The molecule has 1 aromatic heterocycles. The number of amides is 1. The lowest BCUT2D eigenvalue weighted by atomic mass is 9.94. The van der Waals surface area contributed by atoms with Crippen LogP contribution in [0, 0.1) is 0 Å². The summed E-state index contributed by atoms with van der Waals surface area (Å²) in [4.78, 5) is 31.1. The lowest BCUT2D eigenvalue weighted by molar-refractivity contribution is -0.139. The third-order valence-corrected chi connectivity index (χ3v) is 5.19. The van der Waals surface area contributed by atoms with Crippen LogP contribution in [0.1, 0.15) is 42.5 Å². The molecule has 6 heteroatoms. The smallest absolute Gasteiger partial charge is 0.295 e. The summed E-state index contributed by atoms with van der Waals surface area (Å²) in [6.45, 7) is 3.06. The number of aliphatic hydroxyl groups is 1. The number of aryl methyl sites for hydroxylation is 1. The number of aliphatic hydroxyl groups excluding tert-OH is 1. The van der Waals surface area contributed by atoms with Gasteiger partial charge in [0, 0.05) is 24.5 Å². The van der Waals surface area contributed by atoms with Gasteiger partial charge in [0.15, 0.2) is 0 Å². The van der Waals surface area contributed by atoms with Crippen molar-refractivity contribution in [2.45, 2.75) is 32.2 Å². The van der Waals surface area contributed by atoms with Crippen LogP contribution in [0.25, 0.3) is 5.76 Å². The number of ketones is 1. The fourth-order valence-corrected chi connectivity index (χ4v) is 3.90. The van der Waals surface area contributed by atoms with Gasteiger partial charge in [0.1, 0.15) is 11.5 Å². The average Bonchev–Trinajstić information content (AvgIpc) is 2.99. The molecule has 6 nitrogen and oxygen atoms in total. The van der Waals surface area contributed by atoms with E-state index >= 15 is 0 Å². The Labute approximate surface area is 163 Å². The number of carbonyl (C=O) groups is 2. The zero-order valence-corrected chi connectivity index (χ0v) is 15.7. The topological polar surface area (TPSA) is 79.7 Å². The monoisotopic (exact) mass is 378 g/mol. The van der Waals surface area contributed by atoms with E-state index < -0.39 is 17.7 Å².